The average molecular weight is 274 g/mol. The van der Waals surface area contributed by atoms with Crippen LogP contribution in [0.15, 0.2) is 0 Å². The molecule has 5 fully saturated rings. The molecule has 4 aliphatic carbocycles. The molecule has 5 aliphatic rings. The van der Waals surface area contributed by atoms with Gasteiger partial charge in [0.25, 0.3) is 0 Å². The van der Waals surface area contributed by atoms with Gasteiger partial charge in [-0.05, 0) is 74.5 Å². The molecule has 0 aromatic rings. The van der Waals surface area contributed by atoms with Crippen molar-refractivity contribution in [3.63, 3.8) is 0 Å². The molecule has 2 nitrogen and oxygen atoms in total. The van der Waals surface area contributed by atoms with Gasteiger partial charge in [-0.25, -0.2) is 0 Å². The van der Waals surface area contributed by atoms with E-state index >= 15 is 0 Å². The molecule has 2 heteroatoms. The Bertz CT molecular complexity index is 466. The minimum absolute atomic E-state index is 0.0559. The highest BCUT2D eigenvalue weighted by atomic mass is 16.6. The molecule has 0 aromatic heterocycles. The molecular formula is C18H26O2. The topological polar surface area (TPSA) is 29.6 Å². The van der Waals surface area contributed by atoms with E-state index in [0.717, 1.165) is 36.7 Å². The van der Waals surface area contributed by atoms with E-state index in [2.05, 4.69) is 6.92 Å². The Hall–Kier alpha value is -0.370. The predicted molar refractivity (Wildman–Crippen MR) is 76.2 cm³/mol. The van der Waals surface area contributed by atoms with Crippen LogP contribution in [0.5, 0.6) is 0 Å². The molecule has 7 atom stereocenters. The van der Waals surface area contributed by atoms with Gasteiger partial charge in [-0.2, -0.15) is 0 Å². The Labute approximate surface area is 121 Å². The average Bonchev–Trinajstić information content (AvgIpc) is 2.95. The Kier molecular flexibility index (Phi) is 2.25. The Morgan fingerprint density at radius 1 is 1.05 bits per heavy atom. The van der Waals surface area contributed by atoms with Gasteiger partial charge in [0.05, 0.1) is 12.2 Å². The first kappa shape index (κ1) is 12.2. The summed E-state index contributed by atoms with van der Waals surface area (Å²) in [5, 5.41) is 0. The summed E-state index contributed by atoms with van der Waals surface area (Å²) in [7, 11) is 0. The first-order valence-electron chi connectivity index (χ1n) is 8.79. The number of Topliss-reactive ketones (excluding diaryl/α,β-unsaturated/α-hetero) is 1. The van der Waals surface area contributed by atoms with E-state index in [0.29, 0.717) is 17.3 Å². The van der Waals surface area contributed by atoms with Gasteiger partial charge < -0.3 is 4.74 Å². The lowest BCUT2D eigenvalue weighted by molar-refractivity contribution is -0.132. The largest absolute Gasteiger partial charge is 0.370 e. The third kappa shape index (κ3) is 1.42. The molecule has 5 rings (SSSR count). The Balaban J connectivity index is 1.45. The van der Waals surface area contributed by atoms with Crippen molar-refractivity contribution in [2.45, 2.75) is 63.9 Å². The molecule has 1 spiro atoms. The minimum Gasteiger partial charge on any atom is -0.370 e. The van der Waals surface area contributed by atoms with Gasteiger partial charge in [-0.3, -0.25) is 4.79 Å². The third-order valence-electron chi connectivity index (χ3n) is 8.02. The third-order valence-corrected chi connectivity index (χ3v) is 8.02. The molecule has 1 aliphatic heterocycles. The number of carbonyl (C=O) groups is 1. The van der Waals surface area contributed by atoms with Crippen molar-refractivity contribution in [3.8, 4) is 0 Å². The number of hydrogen-bond donors (Lipinski definition) is 0. The number of carbonyl (C=O) groups excluding carboxylic acids is 1. The number of ether oxygens (including phenoxy) is 1. The second-order valence-corrected chi connectivity index (χ2v) is 8.73. The van der Waals surface area contributed by atoms with Crippen LogP contribution in [0.2, 0.25) is 0 Å². The van der Waals surface area contributed by atoms with Crippen LogP contribution < -0.4 is 0 Å². The standard InChI is InChI=1S/C18H26O2/c1-17-7-6-12-13(15(17)4-5-16(17)19)3-2-11-8-18(10-20-18)9-14(11)12/h11-15H,2-10H2,1H3/t11-,12+,13-,14+,15+,17+,18+/m1/s1. The van der Waals surface area contributed by atoms with Crippen molar-refractivity contribution in [2.24, 2.45) is 35.0 Å². The zero-order chi connectivity index (χ0) is 13.5. The minimum atomic E-state index is 0.0559. The number of fused-ring (bicyclic) bond motifs is 5. The molecule has 4 saturated carbocycles. The zero-order valence-electron chi connectivity index (χ0n) is 12.6. The summed E-state index contributed by atoms with van der Waals surface area (Å²) in [6.07, 6.45) is 10.1. The highest BCUT2D eigenvalue weighted by Gasteiger charge is 2.62. The normalized spacial score (nSPS) is 60.2. The van der Waals surface area contributed by atoms with Crippen LogP contribution in [0.3, 0.4) is 0 Å². The maximum absolute atomic E-state index is 12.3. The van der Waals surface area contributed by atoms with E-state index in [9.17, 15) is 4.79 Å². The summed E-state index contributed by atoms with van der Waals surface area (Å²) in [5.41, 5.74) is 0.386. The molecule has 0 unspecified atom stereocenters. The first-order valence-corrected chi connectivity index (χ1v) is 8.79. The number of rotatable bonds is 0. The predicted octanol–water partition coefficient (Wildman–Crippen LogP) is 3.59. The monoisotopic (exact) mass is 274 g/mol. The number of ketones is 1. The lowest BCUT2D eigenvalue weighted by Crippen LogP contribution is -2.46. The molecule has 20 heavy (non-hydrogen) atoms. The molecule has 1 saturated heterocycles. The van der Waals surface area contributed by atoms with E-state index in [4.69, 9.17) is 4.74 Å². The lowest BCUT2D eigenvalue weighted by Gasteiger charge is -2.51. The molecule has 1 heterocycles. The van der Waals surface area contributed by atoms with Gasteiger partial charge in [-0.1, -0.05) is 6.92 Å². The summed E-state index contributed by atoms with van der Waals surface area (Å²) < 4.78 is 5.80. The van der Waals surface area contributed by atoms with Crippen LogP contribution in [0.4, 0.5) is 0 Å². The van der Waals surface area contributed by atoms with Crippen LogP contribution in [0, 0.1) is 35.0 Å². The first-order chi connectivity index (χ1) is 9.61. The molecule has 0 amide bonds. The Morgan fingerprint density at radius 3 is 2.70 bits per heavy atom. The van der Waals surface area contributed by atoms with Gasteiger partial charge in [0, 0.05) is 11.8 Å². The highest BCUT2D eigenvalue weighted by molar-refractivity contribution is 5.87. The van der Waals surface area contributed by atoms with Crippen LogP contribution in [-0.4, -0.2) is 18.0 Å². The van der Waals surface area contributed by atoms with Crippen molar-refractivity contribution in [1.82, 2.24) is 0 Å². The van der Waals surface area contributed by atoms with Crippen LogP contribution >= 0.6 is 0 Å². The van der Waals surface area contributed by atoms with E-state index < -0.39 is 0 Å². The molecule has 0 radical (unpaired) electrons. The second-order valence-electron chi connectivity index (χ2n) is 8.73. The van der Waals surface area contributed by atoms with E-state index in [1.54, 1.807) is 0 Å². The maximum atomic E-state index is 12.3. The molecule has 0 N–H and O–H groups in total. The molecule has 0 bridgehead atoms. The van der Waals surface area contributed by atoms with Crippen molar-refractivity contribution in [2.75, 3.05) is 6.61 Å². The summed E-state index contributed by atoms with van der Waals surface area (Å²) in [5.74, 6) is 4.94. The summed E-state index contributed by atoms with van der Waals surface area (Å²) in [6.45, 7) is 3.33. The summed E-state index contributed by atoms with van der Waals surface area (Å²) in [4.78, 5) is 12.3. The van der Waals surface area contributed by atoms with Gasteiger partial charge in [0.1, 0.15) is 5.78 Å². The van der Waals surface area contributed by atoms with Crippen molar-refractivity contribution in [3.05, 3.63) is 0 Å². The molecular weight excluding hydrogens is 248 g/mol. The van der Waals surface area contributed by atoms with Crippen molar-refractivity contribution >= 4 is 5.78 Å². The van der Waals surface area contributed by atoms with Crippen LogP contribution in [-0.2, 0) is 9.53 Å². The van der Waals surface area contributed by atoms with Gasteiger partial charge in [0.15, 0.2) is 0 Å². The van der Waals surface area contributed by atoms with E-state index in [-0.39, 0.29) is 5.41 Å². The maximum Gasteiger partial charge on any atom is 0.139 e. The number of epoxide rings is 1. The smallest absolute Gasteiger partial charge is 0.139 e. The zero-order valence-corrected chi connectivity index (χ0v) is 12.6. The van der Waals surface area contributed by atoms with Crippen molar-refractivity contribution < 1.29 is 9.53 Å². The van der Waals surface area contributed by atoms with Crippen molar-refractivity contribution in [1.29, 1.82) is 0 Å². The van der Waals surface area contributed by atoms with Crippen LogP contribution in [0.25, 0.3) is 0 Å². The van der Waals surface area contributed by atoms with Crippen LogP contribution in [0.1, 0.15) is 58.3 Å². The van der Waals surface area contributed by atoms with Gasteiger partial charge >= 0.3 is 0 Å². The van der Waals surface area contributed by atoms with Gasteiger partial charge in [0.2, 0.25) is 0 Å². The number of hydrogen-bond acceptors (Lipinski definition) is 2. The highest BCUT2D eigenvalue weighted by Crippen LogP contribution is 2.64. The molecule has 0 aromatic carbocycles. The fourth-order valence-electron chi connectivity index (χ4n) is 6.90. The SMILES string of the molecule is C[C@]12CC[C@H]3[C@@H](CC[C@@H]4C[C@@]5(CO5)C[C@@H]43)[C@@H]1CCC2=O. The quantitative estimate of drug-likeness (QED) is 0.632. The van der Waals surface area contributed by atoms with Gasteiger partial charge in [-0.15, -0.1) is 0 Å². The van der Waals surface area contributed by atoms with E-state index in [1.807, 2.05) is 0 Å². The van der Waals surface area contributed by atoms with E-state index in [1.165, 1.54) is 44.9 Å². The molecule has 110 valence electrons. The summed E-state index contributed by atoms with van der Waals surface area (Å²) >= 11 is 0. The second kappa shape index (κ2) is 3.69. The summed E-state index contributed by atoms with van der Waals surface area (Å²) in [6, 6.07) is 0. The Morgan fingerprint density at radius 2 is 1.90 bits per heavy atom. The lowest BCUT2D eigenvalue weighted by atomic mass is 9.53. The fourth-order valence-corrected chi connectivity index (χ4v) is 6.90. The fraction of sp³-hybridized carbons (Fsp3) is 0.944.